The first-order chi connectivity index (χ1) is 12.3. The summed E-state index contributed by atoms with van der Waals surface area (Å²) in [7, 11) is 0. The Bertz CT molecular complexity index is 836. The van der Waals surface area contributed by atoms with Crippen LogP contribution < -0.4 is 10.6 Å². The van der Waals surface area contributed by atoms with Crippen molar-refractivity contribution in [2.45, 2.75) is 32.3 Å². The van der Waals surface area contributed by atoms with E-state index in [4.69, 9.17) is 33.7 Å². The Morgan fingerprint density at radius 2 is 2.00 bits per heavy atom. The van der Waals surface area contributed by atoms with Crippen LogP contribution in [0.25, 0.3) is 11.3 Å². The second-order valence-corrected chi connectivity index (χ2v) is 7.41. The number of hydrogen-bond donors (Lipinski definition) is 1. The molecule has 2 aromatic rings. The Balaban J connectivity index is 1.79. The first kappa shape index (κ1) is 18.7. The van der Waals surface area contributed by atoms with Crippen LogP contribution in [-0.2, 0) is 4.74 Å². The molecule has 2 heterocycles. The minimum absolute atomic E-state index is 0.469. The highest BCUT2D eigenvalue weighted by Crippen LogP contribution is 2.34. The van der Waals surface area contributed by atoms with Crippen LogP contribution in [0, 0.1) is 6.92 Å². The highest BCUT2D eigenvalue weighted by atomic mass is 35.5. The fraction of sp³-hybridized carbons (Fsp3) is 0.389. The average Bonchev–Trinajstić information content (AvgIpc) is 2.57. The molecule has 1 aliphatic rings. The number of ether oxygens (including phenoxy) is 1. The van der Waals surface area contributed by atoms with Gasteiger partial charge in [0.05, 0.1) is 27.6 Å². The number of halogens is 2. The topological polar surface area (TPSA) is 81.3 Å². The fourth-order valence-corrected chi connectivity index (χ4v) is 3.52. The van der Waals surface area contributed by atoms with E-state index in [2.05, 4.69) is 14.9 Å². The molecule has 0 aliphatic carbocycles. The molecule has 0 atom stereocenters. The number of aromatic nitrogens is 2. The molecule has 138 valence electrons. The predicted octanol–water partition coefficient (Wildman–Crippen LogP) is 4.21. The lowest BCUT2D eigenvalue weighted by Crippen LogP contribution is -2.46. The van der Waals surface area contributed by atoms with Crippen molar-refractivity contribution in [1.29, 1.82) is 0 Å². The molecule has 26 heavy (non-hydrogen) atoms. The first-order valence-electron chi connectivity index (χ1n) is 8.30. The summed E-state index contributed by atoms with van der Waals surface area (Å²) < 4.78 is 5.24. The Morgan fingerprint density at radius 3 is 2.62 bits per heavy atom. The fourth-order valence-electron chi connectivity index (χ4n) is 3.13. The van der Waals surface area contributed by atoms with E-state index in [0.29, 0.717) is 41.7 Å². The molecule has 1 aromatic carbocycles. The van der Waals surface area contributed by atoms with Crippen molar-refractivity contribution in [1.82, 2.24) is 9.97 Å². The molecule has 3 rings (SSSR count). The summed E-state index contributed by atoms with van der Waals surface area (Å²) in [5.41, 5.74) is 6.86. The number of rotatable bonds is 3. The minimum atomic E-state index is -0.737. The standard InChI is InChI=1S/C18H20Cl2N4O2/c1-11-16(12-4-3-5-13(19)15(12)20)22-10-14(23-11)24-8-6-18(2,7-9-24)26-17(21)25/h3-5,10H,6-9H2,1-2H3,(H2,21,25). The van der Waals surface area contributed by atoms with Crippen molar-refractivity contribution in [2.24, 2.45) is 5.73 Å². The average molecular weight is 395 g/mol. The molecule has 1 aliphatic heterocycles. The van der Waals surface area contributed by atoms with Gasteiger partial charge < -0.3 is 15.4 Å². The molecule has 2 N–H and O–H groups in total. The van der Waals surface area contributed by atoms with E-state index in [1.807, 2.05) is 26.0 Å². The smallest absolute Gasteiger partial charge is 0.405 e. The van der Waals surface area contributed by atoms with Gasteiger partial charge in [-0.2, -0.15) is 0 Å². The number of amides is 1. The zero-order valence-electron chi connectivity index (χ0n) is 14.6. The molecule has 8 heteroatoms. The third kappa shape index (κ3) is 3.86. The van der Waals surface area contributed by atoms with Crippen LogP contribution >= 0.6 is 23.2 Å². The molecule has 1 amide bonds. The van der Waals surface area contributed by atoms with Gasteiger partial charge in [-0.05, 0) is 19.9 Å². The molecule has 0 unspecified atom stereocenters. The summed E-state index contributed by atoms with van der Waals surface area (Å²) >= 11 is 12.4. The van der Waals surface area contributed by atoms with Gasteiger partial charge in [-0.1, -0.05) is 35.3 Å². The second-order valence-electron chi connectivity index (χ2n) is 6.62. The summed E-state index contributed by atoms with van der Waals surface area (Å²) in [6.07, 6.45) is 2.35. The Labute approximate surface area is 162 Å². The first-order valence-corrected chi connectivity index (χ1v) is 9.06. The SMILES string of the molecule is Cc1nc(N2CCC(C)(OC(N)=O)CC2)cnc1-c1cccc(Cl)c1Cl. The number of anilines is 1. The second kappa shape index (κ2) is 7.29. The third-order valence-electron chi connectivity index (χ3n) is 4.63. The maximum atomic E-state index is 11.0. The molecular weight excluding hydrogens is 375 g/mol. The monoisotopic (exact) mass is 394 g/mol. The highest BCUT2D eigenvalue weighted by molar-refractivity contribution is 6.43. The summed E-state index contributed by atoms with van der Waals surface area (Å²) in [6, 6.07) is 5.45. The van der Waals surface area contributed by atoms with Crippen molar-refractivity contribution in [2.75, 3.05) is 18.0 Å². The van der Waals surface area contributed by atoms with Crippen LogP contribution in [0.15, 0.2) is 24.4 Å². The van der Waals surface area contributed by atoms with Gasteiger partial charge in [-0.15, -0.1) is 0 Å². The number of primary amides is 1. The van der Waals surface area contributed by atoms with E-state index in [-0.39, 0.29) is 0 Å². The molecule has 0 bridgehead atoms. The maximum Gasteiger partial charge on any atom is 0.405 e. The number of carbonyl (C=O) groups excluding carboxylic acids is 1. The van der Waals surface area contributed by atoms with Gasteiger partial charge in [0.2, 0.25) is 0 Å². The van der Waals surface area contributed by atoms with Gasteiger partial charge in [0.1, 0.15) is 11.4 Å². The lowest BCUT2D eigenvalue weighted by atomic mass is 9.93. The molecule has 0 saturated carbocycles. The summed E-state index contributed by atoms with van der Waals surface area (Å²) in [4.78, 5) is 22.4. The van der Waals surface area contributed by atoms with Crippen molar-refractivity contribution < 1.29 is 9.53 Å². The molecular formula is C18H20Cl2N4O2. The van der Waals surface area contributed by atoms with Crippen molar-refractivity contribution >= 4 is 35.1 Å². The number of hydrogen-bond acceptors (Lipinski definition) is 5. The van der Waals surface area contributed by atoms with Crippen molar-refractivity contribution in [3.8, 4) is 11.3 Å². The molecule has 0 spiro atoms. The van der Waals surface area contributed by atoms with Gasteiger partial charge in [0.25, 0.3) is 0 Å². The zero-order chi connectivity index (χ0) is 18.9. The largest absolute Gasteiger partial charge is 0.443 e. The van der Waals surface area contributed by atoms with Crippen LogP contribution in [0.5, 0.6) is 0 Å². The van der Waals surface area contributed by atoms with E-state index in [0.717, 1.165) is 17.1 Å². The number of piperidine rings is 1. The van der Waals surface area contributed by atoms with E-state index < -0.39 is 11.7 Å². The van der Waals surface area contributed by atoms with Gasteiger partial charge in [-0.3, -0.25) is 4.98 Å². The van der Waals surface area contributed by atoms with Gasteiger partial charge in [-0.25, -0.2) is 9.78 Å². The molecule has 1 saturated heterocycles. The van der Waals surface area contributed by atoms with Crippen molar-refractivity contribution in [3.05, 3.63) is 40.1 Å². The predicted molar refractivity (Wildman–Crippen MR) is 103 cm³/mol. The molecule has 6 nitrogen and oxygen atoms in total. The number of carbonyl (C=O) groups is 1. The molecule has 1 aromatic heterocycles. The lowest BCUT2D eigenvalue weighted by Gasteiger charge is -2.38. The van der Waals surface area contributed by atoms with Crippen LogP contribution in [0.4, 0.5) is 10.6 Å². The van der Waals surface area contributed by atoms with Crippen LogP contribution in [0.2, 0.25) is 10.0 Å². The molecule has 1 fully saturated rings. The Hall–Kier alpha value is -2.05. The van der Waals surface area contributed by atoms with E-state index >= 15 is 0 Å². The minimum Gasteiger partial charge on any atom is -0.443 e. The zero-order valence-corrected chi connectivity index (χ0v) is 16.1. The quantitative estimate of drug-likeness (QED) is 0.842. The van der Waals surface area contributed by atoms with Gasteiger partial charge in [0, 0.05) is 31.5 Å². The number of nitrogens with two attached hydrogens (primary N) is 1. The highest BCUT2D eigenvalue weighted by Gasteiger charge is 2.33. The van der Waals surface area contributed by atoms with Crippen LogP contribution in [0.3, 0.4) is 0 Å². The van der Waals surface area contributed by atoms with Gasteiger partial charge >= 0.3 is 6.09 Å². The Kier molecular flexibility index (Phi) is 5.25. The van der Waals surface area contributed by atoms with E-state index in [1.54, 1.807) is 12.3 Å². The summed E-state index contributed by atoms with van der Waals surface area (Å²) in [6.45, 7) is 5.20. The van der Waals surface area contributed by atoms with E-state index in [1.165, 1.54) is 0 Å². The normalized spacial score (nSPS) is 16.4. The number of aryl methyl sites for hydroxylation is 1. The van der Waals surface area contributed by atoms with Crippen LogP contribution in [0.1, 0.15) is 25.5 Å². The maximum absolute atomic E-state index is 11.0. The Morgan fingerprint density at radius 1 is 1.31 bits per heavy atom. The van der Waals surface area contributed by atoms with E-state index in [9.17, 15) is 4.79 Å². The summed E-state index contributed by atoms with van der Waals surface area (Å²) in [5, 5.41) is 0.955. The van der Waals surface area contributed by atoms with Crippen LogP contribution in [-0.4, -0.2) is 34.8 Å². The van der Waals surface area contributed by atoms with Crippen molar-refractivity contribution in [3.63, 3.8) is 0 Å². The third-order valence-corrected chi connectivity index (χ3v) is 5.45. The van der Waals surface area contributed by atoms with Gasteiger partial charge in [0.15, 0.2) is 0 Å². The number of nitrogens with zero attached hydrogens (tertiary/aromatic N) is 3. The molecule has 0 radical (unpaired) electrons. The lowest BCUT2D eigenvalue weighted by molar-refractivity contribution is 0.0126. The number of benzene rings is 1. The summed E-state index contributed by atoms with van der Waals surface area (Å²) in [5.74, 6) is 0.783.